The Bertz CT molecular complexity index is 870. The van der Waals surface area contributed by atoms with Gasteiger partial charge in [-0.25, -0.2) is 9.78 Å². The molecule has 4 nitrogen and oxygen atoms in total. The van der Waals surface area contributed by atoms with Gasteiger partial charge in [0.05, 0.1) is 16.4 Å². The van der Waals surface area contributed by atoms with Crippen molar-refractivity contribution < 1.29 is 9.90 Å². The predicted octanol–water partition coefficient (Wildman–Crippen LogP) is 3.74. The summed E-state index contributed by atoms with van der Waals surface area (Å²) in [6.07, 6.45) is 4.92. The van der Waals surface area contributed by atoms with Crippen LogP contribution in [-0.4, -0.2) is 21.0 Å². The summed E-state index contributed by atoms with van der Waals surface area (Å²) in [5.41, 5.74) is 4.15. The van der Waals surface area contributed by atoms with Gasteiger partial charge in [0.15, 0.2) is 0 Å². The third-order valence-corrected chi connectivity index (χ3v) is 4.47. The number of H-pyrrole nitrogens is 1. The van der Waals surface area contributed by atoms with E-state index >= 15 is 0 Å². The highest BCUT2D eigenvalue weighted by molar-refractivity contribution is 5.85. The number of nitrogens with zero attached hydrogens (tertiary/aromatic N) is 1. The van der Waals surface area contributed by atoms with E-state index in [4.69, 9.17) is 10.1 Å². The van der Waals surface area contributed by atoms with Gasteiger partial charge in [-0.15, -0.1) is 0 Å². The molecule has 1 fully saturated rings. The largest absolute Gasteiger partial charge is 0.478 e. The van der Waals surface area contributed by atoms with Crippen LogP contribution in [0.3, 0.4) is 0 Å². The molecule has 0 atom stereocenters. The monoisotopic (exact) mass is 304 g/mol. The van der Waals surface area contributed by atoms with Crippen LogP contribution in [0.5, 0.6) is 0 Å². The highest BCUT2D eigenvalue weighted by atomic mass is 16.4. The van der Waals surface area contributed by atoms with Crippen LogP contribution in [0.25, 0.3) is 17.1 Å². The van der Waals surface area contributed by atoms with Crippen molar-refractivity contribution >= 4 is 23.1 Å². The first-order chi connectivity index (χ1) is 11.2. The first-order valence-electron chi connectivity index (χ1n) is 7.64. The number of nitrogens with one attached hydrogen (secondary N) is 1. The number of benzene rings is 2. The van der Waals surface area contributed by atoms with E-state index in [9.17, 15) is 4.79 Å². The minimum atomic E-state index is -0.935. The van der Waals surface area contributed by atoms with Gasteiger partial charge in [-0.2, -0.15) is 0 Å². The van der Waals surface area contributed by atoms with Crippen LogP contribution >= 0.6 is 0 Å². The van der Waals surface area contributed by atoms with Gasteiger partial charge < -0.3 is 10.1 Å². The fourth-order valence-corrected chi connectivity index (χ4v) is 3.05. The SMILES string of the molecule is O=C(O)/C=C/c1ccc(C2(c3nc4ccccc4[nH]3)CC2)cc1. The fourth-order valence-electron chi connectivity index (χ4n) is 3.05. The van der Waals surface area contributed by atoms with E-state index in [1.54, 1.807) is 6.08 Å². The number of fused-ring (bicyclic) bond motifs is 1. The molecule has 1 aromatic heterocycles. The van der Waals surface area contributed by atoms with Crippen molar-refractivity contribution in [3.8, 4) is 0 Å². The average molecular weight is 304 g/mol. The van der Waals surface area contributed by atoms with Crippen molar-refractivity contribution in [1.29, 1.82) is 0 Å². The highest BCUT2D eigenvalue weighted by Crippen LogP contribution is 2.52. The number of aromatic nitrogens is 2. The van der Waals surface area contributed by atoms with Crippen LogP contribution in [0.2, 0.25) is 0 Å². The number of hydrogen-bond donors (Lipinski definition) is 2. The van der Waals surface area contributed by atoms with Crippen LogP contribution in [0.15, 0.2) is 54.6 Å². The van der Waals surface area contributed by atoms with Gasteiger partial charge in [0.1, 0.15) is 5.82 Å². The van der Waals surface area contributed by atoms with Gasteiger partial charge in [0.2, 0.25) is 0 Å². The van der Waals surface area contributed by atoms with E-state index < -0.39 is 5.97 Å². The molecule has 0 bridgehead atoms. The summed E-state index contributed by atoms with van der Waals surface area (Å²) < 4.78 is 0. The maximum Gasteiger partial charge on any atom is 0.328 e. The Labute approximate surface area is 133 Å². The van der Waals surface area contributed by atoms with Gasteiger partial charge in [0, 0.05) is 6.08 Å². The third-order valence-electron chi connectivity index (χ3n) is 4.47. The molecule has 0 unspecified atom stereocenters. The highest BCUT2D eigenvalue weighted by Gasteiger charge is 2.48. The van der Waals surface area contributed by atoms with Gasteiger partial charge in [0.25, 0.3) is 0 Å². The van der Waals surface area contributed by atoms with E-state index in [2.05, 4.69) is 17.1 Å². The molecule has 0 radical (unpaired) electrons. The molecule has 3 aromatic rings. The summed E-state index contributed by atoms with van der Waals surface area (Å²) in [4.78, 5) is 18.8. The van der Waals surface area contributed by atoms with Crippen LogP contribution in [0, 0.1) is 0 Å². The minimum absolute atomic E-state index is 0.0198. The zero-order valence-electron chi connectivity index (χ0n) is 12.5. The number of rotatable bonds is 4. The molecule has 114 valence electrons. The number of aliphatic carboxylic acids is 1. The zero-order chi connectivity index (χ0) is 15.9. The van der Waals surface area contributed by atoms with Crippen molar-refractivity contribution in [2.24, 2.45) is 0 Å². The lowest BCUT2D eigenvalue weighted by Crippen LogP contribution is -2.10. The number of carbonyl (C=O) groups is 1. The number of carboxylic acid groups (broad SMARTS) is 1. The summed E-state index contributed by atoms with van der Waals surface area (Å²) in [5, 5.41) is 8.69. The molecular formula is C19H16N2O2. The number of carboxylic acids is 1. The number of hydrogen-bond acceptors (Lipinski definition) is 2. The van der Waals surface area contributed by atoms with E-state index in [0.717, 1.165) is 41.3 Å². The number of imidazole rings is 1. The van der Waals surface area contributed by atoms with Crippen molar-refractivity contribution in [3.63, 3.8) is 0 Å². The van der Waals surface area contributed by atoms with E-state index in [0.29, 0.717) is 0 Å². The summed E-state index contributed by atoms with van der Waals surface area (Å²) in [6, 6.07) is 16.1. The van der Waals surface area contributed by atoms with E-state index in [1.807, 2.05) is 36.4 Å². The van der Waals surface area contributed by atoms with Crippen LogP contribution in [0.1, 0.15) is 29.8 Å². The van der Waals surface area contributed by atoms with Crippen LogP contribution in [0.4, 0.5) is 0 Å². The molecule has 4 rings (SSSR count). The van der Waals surface area contributed by atoms with Crippen molar-refractivity contribution in [2.75, 3.05) is 0 Å². The van der Waals surface area contributed by atoms with Gasteiger partial charge in [-0.1, -0.05) is 36.4 Å². The Morgan fingerprint density at radius 2 is 1.87 bits per heavy atom. The molecule has 2 N–H and O–H groups in total. The molecule has 0 amide bonds. The topological polar surface area (TPSA) is 66.0 Å². The summed E-state index contributed by atoms with van der Waals surface area (Å²) >= 11 is 0. The lowest BCUT2D eigenvalue weighted by atomic mass is 9.94. The second-order valence-electron chi connectivity index (χ2n) is 5.98. The first-order valence-corrected chi connectivity index (χ1v) is 7.64. The maximum atomic E-state index is 10.6. The smallest absolute Gasteiger partial charge is 0.328 e. The Balaban J connectivity index is 1.67. The second kappa shape index (κ2) is 5.09. The van der Waals surface area contributed by atoms with Crippen LogP contribution < -0.4 is 0 Å². The fraction of sp³-hybridized carbons (Fsp3) is 0.158. The zero-order valence-corrected chi connectivity index (χ0v) is 12.5. The second-order valence-corrected chi connectivity index (χ2v) is 5.98. The molecule has 4 heteroatoms. The lowest BCUT2D eigenvalue weighted by molar-refractivity contribution is -0.131. The van der Waals surface area contributed by atoms with E-state index in [1.165, 1.54) is 5.56 Å². The van der Waals surface area contributed by atoms with Gasteiger partial charge in [-0.3, -0.25) is 0 Å². The Morgan fingerprint density at radius 1 is 1.13 bits per heavy atom. The lowest BCUT2D eigenvalue weighted by Gasteiger charge is -2.13. The molecule has 1 saturated carbocycles. The van der Waals surface area contributed by atoms with Gasteiger partial charge in [-0.05, 0) is 42.2 Å². The summed E-state index contributed by atoms with van der Waals surface area (Å²) in [5.74, 6) is 0.0857. The first kappa shape index (κ1) is 13.8. The maximum absolute atomic E-state index is 10.6. The molecular weight excluding hydrogens is 288 g/mol. The minimum Gasteiger partial charge on any atom is -0.478 e. The Kier molecular flexibility index (Phi) is 3.05. The normalized spacial score (nSPS) is 16.0. The summed E-state index contributed by atoms with van der Waals surface area (Å²) in [6.45, 7) is 0. The van der Waals surface area contributed by atoms with Crippen molar-refractivity contribution in [3.05, 3.63) is 71.6 Å². The Morgan fingerprint density at radius 3 is 2.52 bits per heavy atom. The van der Waals surface area contributed by atoms with Gasteiger partial charge >= 0.3 is 5.97 Å². The molecule has 1 heterocycles. The molecule has 0 spiro atoms. The predicted molar refractivity (Wildman–Crippen MR) is 89.2 cm³/mol. The van der Waals surface area contributed by atoms with E-state index in [-0.39, 0.29) is 5.41 Å². The molecule has 0 saturated heterocycles. The Hall–Kier alpha value is -2.88. The quantitative estimate of drug-likeness (QED) is 0.722. The van der Waals surface area contributed by atoms with Crippen molar-refractivity contribution in [2.45, 2.75) is 18.3 Å². The molecule has 23 heavy (non-hydrogen) atoms. The third kappa shape index (κ3) is 2.42. The van der Waals surface area contributed by atoms with Crippen molar-refractivity contribution in [1.82, 2.24) is 9.97 Å². The summed E-state index contributed by atoms with van der Waals surface area (Å²) in [7, 11) is 0. The van der Waals surface area contributed by atoms with Crippen LogP contribution in [-0.2, 0) is 10.2 Å². The molecule has 0 aliphatic heterocycles. The average Bonchev–Trinajstić information content (AvgIpc) is 3.26. The molecule has 1 aliphatic rings. The molecule has 1 aliphatic carbocycles. The number of aromatic amines is 1. The number of para-hydroxylation sites is 2. The molecule has 2 aromatic carbocycles. The standard InChI is InChI=1S/C19H16N2O2/c22-17(23)10-7-13-5-8-14(9-6-13)19(11-12-19)18-20-15-3-1-2-4-16(15)21-18/h1-10H,11-12H2,(H,20,21)(H,22,23)/b10-7+.